The lowest BCUT2D eigenvalue weighted by molar-refractivity contribution is -0.141. The highest BCUT2D eigenvalue weighted by molar-refractivity contribution is 6.32. The van der Waals surface area contributed by atoms with Crippen LogP contribution in [0.1, 0.15) is 24.4 Å². The molecule has 3 rings (SSSR count). The monoisotopic (exact) mass is 327 g/mol. The average Bonchev–Trinajstić information content (AvgIpc) is 2.86. The van der Waals surface area contributed by atoms with Crippen molar-refractivity contribution >= 4 is 17.6 Å². The zero-order chi connectivity index (χ0) is 15.7. The van der Waals surface area contributed by atoms with Gasteiger partial charge in [-0.2, -0.15) is 0 Å². The standard InChI is InChI=1S/C15H18ClNO5/c1-20-13-9(16)6-11-14(22-4-2-3-21-11)12(13)10-5-8(7-17-10)15(18)19/h6,8,10,17H,2-5,7H2,1H3,(H,18,19). The van der Waals surface area contributed by atoms with Crippen molar-refractivity contribution < 1.29 is 24.1 Å². The molecule has 1 fully saturated rings. The molecule has 0 saturated carbocycles. The Morgan fingerprint density at radius 1 is 1.45 bits per heavy atom. The summed E-state index contributed by atoms with van der Waals surface area (Å²) in [7, 11) is 1.54. The molecule has 2 atom stereocenters. The summed E-state index contributed by atoms with van der Waals surface area (Å²) >= 11 is 6.29. The largest absolute Gasteiger partial charge is 0.495 e. The Morgan fingerprint density at radius 3 is 2.91 bits per heavy atom. The molecule has 1 saturated heterocycles. The Hall–Kier alpha value is -1.66. The molecule has 2 aliphatic heterocycles. The molecule has 0 aromatic heterocycles. The van der Waals surface area contributed by atoms with Crippen LogP contribution in [0.5, 0.6) is 17.2 Å². The smallest absolute Gasteiger partial charge is 0.307 e. The van der Waals surface area contributed by atoms with Crippen LogP contribution in [0.15, 0.2) is 6.07 Å². The second-order valence-corrected chi connectivity index (χ2v) is 5.82. The summed E-state index contributed by atoms with van der Waals surface area (Å²) in [6.45, 7) is 1.51. The zero-order valence-electron chi connectivity index (χ0n) is 12.2. The third-order valence-electron chi connectivity index (χ3n) is 4.01. The van der Waals surface area contributed by atoms with E-state index >= 15 is 0 Å². The van der Waals surface area contributed by atoms with Gasteiger partial charge in [0.1, 0.15) is 5.75 Å². The number of nitrogens with one attached hydrogen (secondary N) is 1. The summed E-state index contributed by atoms with van der Waals surface area (Å²) in [6.07, 6.45) is 1.24. The second kappa shape index (κ2) is 6.22. The van der Waals surface area contributed by atoms with Gasteiger partial charge in [0.2, 0.25) is 0 Å². The van der Waals surface area contributed by atoms with Crippen molar-refractivity contribution in [3.05, 3.63) is 16.7 Å². The maximum Gasteiger partial charge on any atom is 0.307 e. The van der Waals surface area contributed by atoms with Crippen LogP contribution >= 0.6 is 11.6 Å². The van der Waals surface area contributed by atoms with E-state index in [0.717, 1.165) is 12.0 Å². The second-order valence-electron chi connectivity index (χ2n) is 5.41. The van der Waals surface area contributed by atoms with Gasteiger partial charge in [0.15, 0.2) is 11.5 Å². The number of methoxy groups -OCH3 is 1. The van der Waals surface area contributed by atoms with Crippen LogP contribution in [0.4, 0.5) is 0 Å². The third-order valence-corrected chi connectivity index (χ3v) is 4.29. The molecular weight excluding hydrogens is 310 g/mol. The number of ether oxygens (including phenoxy) is 3. The molecule has 6 nitrogen and oxygen atoms in total. The molecule has 0 aliphatic carbocycles. The Balaban J connectivity index is 2.05. The van der Waals surface area contributed by atoms with Gasteiger partial charge in [0, 0.05) is 25.1 Å². The molecule has 2 heterocycles. The summed E-state index contributed by atoms with van der Waals surface area (Å²) in [5, 5.41) is 12.8. The van der Waals surface area contributed by atoms with E-state index in [0.29, 0.717) is 48.5 Å². The number of aliphatic carboxylic acids is 1. The predicted molar refractivity (Wildman–Crippen MR) is 80.1 cm³/mol. The van der Waals surface area contributed by atoms with Crippen molar-refractivity contribution in [2.45, 2.75) is 18.9 Å². The third kappa shape index (κ3) is 2.68. The van der Waals surface area contributed by atoms with Crippen LogP contribution in [-0.2, 0) is 4.79 Å². The fourth-order valence-electron chi connectivity index (χ4n) is 2.95. The molecule has 0 radical (unpaired) electrons. The maximum atomic E-state index is 11.2. The molecule has 22 heavy (non-hydrogen) atoms. The number of carbonyl (C=O) groups is 1. The molecular formula is C15H18ClNO5. The first kappa shape index (κ1) is 15.2. The number of rotatable bonds is 3. The van der Waals surface area contributed by atoms with Crippen molar-refractivity contribution in [3.63, 3.8) is 0 Å². The SMILES string of the molecule is COc1c(Cl)cc2c(c1C1CC(C(=O)O)CN1)OCCCO2. The number of carboxylic acid groups (broad SMARTS) is 1. The van der Waals surface area contributed by atoms with Crippen molar-refractivity contribution in [1.82, 2.24) is 5.32 Å². The summed E-state index contributed by atoms with van der Waals surface area (Å²) in [5.41, 5.74) is 0.746. The Bertz CT molecular complexity index is 592. The van der Waals surface area contributed by atoms with Crippen LogP contribution in [0.25, 0.3) is 0 Å². The predicted octanol–water partition coefficient (Wildman–Crippen LogP) is 2.25. The van der Waals surface area contributed by atoms with Gasteiger partial charge in [0.25, 0.3) is 0 Å². The Kier molecular flexibility index (Phi) is 4.31. The molecule has 2 aliphatic rings. The van der Waals surface area contributed by atoms with E-state index in [9.17, 15) is 9.90 Å². The molecule has 7 heteroatoms. The summed E-state index contributed by atoms with van der Waals surface area (Å²) in [4.78, 5) is 11.2. The fraction of sp³-hybridized carbons (Fsp3) is 0.533. The molecule has 2 unspecified atom stereocenters. The normalized spacial score (nSPS) is 23.9. The van der Waals surface area contributed by atoms with Gasteiger partial charge in [-0.3, -0.25) is 4.79 Å². The molecule has 0 spiro atoms. The van der Waals surface area contributed by atoms with Gasteiger partial charge in [0.05, 0.1) is 36.8 Å². The van der Waals surface area contributed by atoms with Crippen LogP contribution in [-0.4, -0.2) is 37.9 Å². The first-order valence-electron chi connectivity index (χ1n) is 7.24. The summed E-state index contributed by atoms with van der Waals surface area (Å²) < 4.78 is 17.0. The minimum Gasteiger partial charge on any atom is -0.495 e. The Morgan fingerprint density at radius 2 is 2.23 bits per heavy atom. The van der Waals surface area contributed by atoms with E-state index in [1.54, 1.807) is 6.07 Å². The summed E-state index contributed by atoms with van der Waals surface area (Å²) in [5.74, 6) is 0.450. The highest BCUT2D eigenvalue weighted by Gasteiger charge is 2.36. The first-order chi connectivity index (χ1) is 10.6. The van der Waals surface area contributed by atoms with Crippen molar-refractivity contribution in [3.8, 4) is 17.2 Å². The highest BCUT2D eigenvalue weighted by Crippen LogP contribution is 2.48. The maximum absolute atomic E-state index is 11.2. The molecule has 0 amide bonds. The van der Waals surface area contributed by atoms with Crippen molar-refractivity contribution in [1.29, 1.82) is 0 Å². The van der Waals surface area contributed by atoms with Crippen molar-refractivity contribution in [2.24, 2.45) is 5.92 Å². The minimum absolute atomic E-state index is 0.190. The molecule has 1 aromatic carbocycles. The van der Waals surface area contributed by atoms with E-state index in [1.807, 2.05) is 0 Å². The molecule has 1 aromatic rings. The topological polar surface area (TPSA) is 77.0 Å². The lowest BCUT2D eigenvalue weighted by atomic mass is 9.98. The average molecular weight is 328 g/mol. The van der Waals surface area contributed by atoms with Crippen LogP contribution in [0.3, 0.4) is 0 Å². The van der Waals surface area contributed by atoms with Gasteiger partial charge in [-0.25, -0.2) is 0 Å². The van der Waals surface area contributed by atoms with Crippen molar-refractivity contribution in [2.75, 3.05) is 26.9 Å². The van der Waals surface area contributed by atoms with Crippen LogP contribution in [0, 0.1) is 5.92 Å². The zero-order valence-corrected chi connectivity index (χ0v) is 13.0. The van der Waals surface area contributed by atoms with Gasteiger partial charge >= 0.3 is 5.97 Å². The number of benzene rings is 1. The van der Waals surface area contributed by atoms with Gasteiger partial charge in [-0.05, 0) is 6.42 Å². The first-order valence-corrected chi connectivity index (χ1v) is 7.61. The number of carboxylic acids is 1. The lowest BCUT2D eigenvalue weighted by Gasteiger charge is -2.21. The molecule has 2 N–H and O–H groups in total. The van der Waals surface area contributed by atoms with E-state index < -0.39 is 11.9 Å². The van der Waals surface area contributed by atoms with Crippen LogP contribution < -0.4 is 19.5 Å². The number of fused-ring (bicyclic) bond motifs is 1. The van der Waals surface area contributed by atoms with Gasteiger partial charge in [-0.1, -0.05) is 11.6 Å². The number of hydrogen-bond acceptors (Lipinski definition) is 5. The van der Waals surface area contributed by atoms with Gasteiger partial charge in [-0.15, -0.1) is 0 Å². The van der Waals surface area contributed by atoms with E-state index in [4.69, 9.17) is 25.8 Å². The number of halogens is 1. The van der Waals surface area contributed by atoms with Gasteiger partial charge < -0.3 is 24.6 Å². The highest BCUT2D eigenvalue weighted by atomic mass is 35.5. The lowest BCUT2D eigenvalue weighted by Crippen LogP contribution is -2.18. The Labute approximate surface area is 133 Å². The quantitative estimate of drug-likeness (QED) is 0.886. The van der Waals surface area contributed by atoms with E-state index in [1.165, 1.54) is 7.11 Å². The summed E-state index contributed by atoms with van der Waals surface area (Å²) in [6, 6.07) is 1.50. The molecule has 0 bridgehead atoms. The number of hydrogen-bond donors (Lipinski definition) is 2. The van der Waals surface area contributed by atoms with Crippen LogP contribution in [0.2, 0.25) is 5.02 Å². The fourth-order valence-corrected chi connectivity index (χ4v) is 3.23. The van der Waals surface area contributed by atoms with E-state index in [2.05, 4.69) is 5.32 Å². The molecule has 120 valence electrons. The minimum atomic E-state index is -0.806. The van der Waals surface area contributed by atoms with E-state index in [-0.39, 0.29) is 6.04 Å².